The summed E-state index contributed by atoms with van der Waals surface area (Å²) in [4.78, 5) is 11.1. The third-order valence-corrected chi connectivity index (χ3v) is 3.87. The molecule has 2 rings (SSSR count). The zero-order valence-corrected chi connectivity index (χ0v) is 12.4. The molecule has 2 aromatic rings. The highest BCUT2D eigenvalue weighted by Crippen LogP contribution is 2.23. The number of carbonyl (C=O) groups excluding carboxylic acids is 1. The minimum absolute atomic E-state index is 0.0258. The molecule has 5 nitrogen and oxygen atoms in total. The molecule has 0 saturated carbocycles. The maximum absolute atomic E-state index is 11.2. The second-order valence-corrected chi connectivity index (χ2v) is 7.15. The number of aryl methyl sites for hydroxylation is 1. The molecule has 0 N–H and O–H groups in total. The predicted octanol–water partition coefficient (Wildman–Crippen LogP) is 2.06. The number of sulfone groups is 1. The van der Waals surface area contributed by atoms with Gasteiger partial charge in [-0.3, -0.25) is 9.48 Å². The maximum Gasteiger partial charge on any atom is 0.153 e. The molecule has 1 heterocycles. The van der Waals surface area contributed by atoms with Gasteiger partial charge in [0.25, 0.3) is 0 Å². The number of aldehydes is 1. The van der Waals surface area contributed by atoms with Gasteiger partial charge in [0, 0.05) is 23.0 Å². The molecule has 106 valence electrons. The van der Waals surface area contributed by atoms with E-state index in [0.29, 0.717) is 22.6 Å². The van der Waals surface area contributed by atoms with Gasteiger partial charge in [0.2, 0.25) is 0 Å². The molecule has 0 aliphatic rings. The molecule has 0 radical (unpaired) electrons. The first-order chi connectivity index (χ1) is 9.39. The van der Waals surface area contributed by atoms with Crippen LogP contribution in [0.1, 0.15) is 10.4 Å². The highest BCUT2D eigenvalue weighted by atomic mass is 35.5. The summed E-state index contributed by atoms with van der Waals surface area (Å²) in [5.74, 6) is -0.0258. The normalized spacial score (nSPS) is 11.5. The Labute approximate surface area is 122 Å². The Morgan fingerprint density at radius 2 is 2.15 bits per heavy atom. The van der Waals surface area contributed by atoms with E-state index in [-0.39, 0.29) is 12.3 Å². The number of hydrogen-bond acceptors (Lipinski definition) is 4. The molecule has 0 atom stereocenters. The van der Waals surface area contributed by atoms with Gasteiger partial charge >= 0.3 is 0 Å². The summed E-state index contributed by atoms with van der Waals surface area (Å²) in [6.45, 7) is 0.209. The fourth-order valence-corrected chi connectivity index (χ4v) is 2.47. The summed E-state index contributed by atoms with van der Waals surface area (Å²) in [6, 6.07) is 6.99. The minimum atomic E-state index is -3.07. The molecule has 0 bridgehead atoms. The van der Waals surface area contributed by atoms with Gasteiger partial charge in [0.15, 0.2) is 6.29 Å². The molecular weight excluding hydrogens is 300 g/mol. The molecule has 0 amide bonds. The smallest absolute Gasteiger partial charge is 0.153 e. The number of benzene rings is 1. The molecule has 0 aliphatic heterocycles. The average Bonchev–Trinajstić information content (AvgIpc) is 2.79. The summed E-state index contributed by atoms with van der Waals surface area (Å²) >= 11 is 5.92. The monoisotopic (exact) mass is 312 g/mol. The first-order valence-electron chi connectivity index (χ1n) is 5.85. The summed E-state index contributed by atoms with van der Waals surface area (Å²) < 4.78 is 23.8. The summed E-state index contributed by atoms with van der Waals surface area (Å²) in [5, 5.41) is 4.80. The van der Waals surface area contributed by atoms with E-state index in [1.807, 2.05) is 0 Å². The zero-order chi connectivity index (χ0) is 14.8. The zero-order valence-electron chi connectivity index (χ0n) is 10.8. The van der Waals surface area contributed by atoms with Crippen molar-refractivity contribution in [2.75, 3.05) is 12.0 Å². The topological polar surface area (TPSA) is 69.0 Å². The van der Waals surface area contributed by atoms with Gasteiger partial charge in [-0.25, -0.2) is 8.42 Å². The number of carbonyl (C=O) groups is 1. The average molecular weight is 313 g/mol. The van der Waals surface area contributed by atoms with Crippen LogP contribution < -0.4 is 0 Å². The van der Waals surface area contributed by atoms with E-state index in [1.165, 1.54) is 10.9 Å². The molecule has 0 aliphatic carbocycles. The predicted molar refractivity (Wildman–Crippen MR) is 77.8 cm³/mol. The van der Waals surface area contributed by atoms with Crippen molar-refractivity contribution in [3.8, 4) is 11.3 Å². The number of halogens is 1. The molecule has 0 unspecified atom stereocenters. The van der Waals surface area contributed by atoms with E-state index < -0.39 is 9.84 Å². The van der Waals surface area contributed by atoms with Crippen LogP contribution in [0.3, 0.4) is 0 Å². The Morgan fingerprint density at radius 1 is 1.40 bits per heavy atom. The van der Waals surface area contributed by atoms with Gasteiger partial charge in [-0.05, 0) is 12.1 Å². The van der Waals surface area contributed by atoms with Crippen molar-refractivity contribution < 1.29 is 13.2 Å². The lowest BCUT2D eigenvalue weighted by atomic mass is 10.1. The van der Waals surface area contributed by atoms with Crippen LogP contribution in [0, 0.1) is 0 Å². The van der Waals surface area contributed by atoms with Crippen LogP contribution in [-0.2, 0) is 16.4 Å². The first-order valence-corrected chi connectivity index (χ1v) is 8.29. The van der Waals surface area contributed by atoms with Crippen LogP contribution in [0.2, 0.25) is 5.02 Å². The third-order valence-electron chi connectivity index (χ3n) is 2.71. The third kappa shape index (κ3) is 3.68. The van der Waals surface area contributed by atoms with E-state index in [0.717, 1.165) is 11.8 Å². The Morgan fingerprint density at radius 3 is 2.75 bits per heavy atom. The van der Waals surface area contributed by atoms with Gasteiger partial charge in [0.1, 0.15) is 15.5 Å². The lowest BCUT2D eigenvalue weighted by molar-refractivity contribution is 0.112. The van der Waals surface area contributed by atoms with Crippen LogP contribution in [-0.4, -0.2) is 36.5 Å². The second kappa shape index (κ2) is 5.76. The SMILES string of the molecule is CS(=O)(=O)CCn1cc(C=O)c(-c2cccc(Cl)c2)n1. The summed E-state index contributed by atoms with van der Waals surface area (Å²) in [6.07, 6.45) is 3.39. The summed E-state index contributed by atoms with van der Waals surface area (Å²) in [5.41, 5.74) is 1.62. The van der Waals surface area contributed by atoms with Crippen molar-refractivity contribution in [1.29, 1.82) is 0 Å². The quantitative estimate of drug-likeness (QED) is 0.792. The Kier molecular flexibility index (Phi) is 4.25. The molecule has 20 heavy (non-hydrogen) atoms. The molecule has 1 aromatic heterocycles. The molecule has 0 fully saturated rings. The van der Waals surface area contributed by atoms with Gasteiger partial charge in [0.05, 0.1) is 17.9 Å². The Balaban J connectivity index is 2.34. The van der Waals surface area contributed by atoms with Crippen LogP contribution >= 0.6 is 11.6 Å². The lowest BCUT2D eigenvalue weighted by Gasteiger charge is -2.00. The van der Waals surface area contributed by atoms with E-state index in [9.17, 15) is 13.2 Å². The Bertz CT molecular complexity index is 738. The van der Waals surface area contributed by atoms with Crippen molar-refractivity contribution >= 4 is 27.7 Å². The van der Waals surface area contributed by atoms with E-state index in [2.05, 4.69) is 5.10 Å². The summed E-state index contributed by atoms with van der Waals surface area (Å²) in [7, 11) is -3.07. The number of aromatic nitrogens is 2. The fraction of sp³-hybridized carbons (Fsp3) is 0.231. The van der Waals surface area contributed by atoms with Gasteiger partial charge in [-0.2, -0.15) is 5.10 Å². The standard InChI is InChI=1S/C13H13ClN2O3S/c1-20(18,19)6-5-16-8-11(9-17)13(15-16)10-3-2-4-12(14)7-10/h2-4,7-9H,5-6H2,1H3. The van der Waals surface area contributed by atoms with Crippen molar-refractivity contribution in [1.82, 2.24) is 9.78 Å². The van der Waals surface area contributed by atoms with Crippen molar-refractivity contribution in [3.05, 3.63) is 41.0 Å². The first kappa shape index (κ1) is 14.7. The van der Waals surface area contributed by atoms with E-state index in [4.69, 9.17) is 11.6 Å². The van der Waals surface area contributed by atoms with Crippen molar-refractivity contribution in [3.63, 3.8) is 0 Å². The van der Waals surface area contributed by atoms with Crippen LogP contribution in [0.25, 0.3) is 11.3 Å². The van der Waals surface area contributed by atoms with Crippen molar-refractivity contribution in [2.24, 2.45) is 0 Å². The van der Waals surface area contributed by atoms with Crippen LogP contribution in [0.4, 0.5) is 0 Å². The molecule has 1 aromatic carbocycles. The highest BCUT2D eigenvalue weighted by Gasteiger charge is 2.12. The lowest BCUT2D eigenvalue weighted by Crippen LogP contribution is -2.11. The van der Waals surface area contributed by atoms with Gasteiger partial charge < -0.3 is 0 Å². The number of rotatable bonds is 5. The van der Waals surface area contributed by atoms with Crippen LogP contribution in [0.5, 0.6) is 0 Å². The van der Waals surface area contributed by atoms with Gasteiger partial charge in [-0.15, -0.1) is 0 Å². The molecule has 7 heteroatoms. The molecule has 0 spiro atoms. The highest BCUT2D eigenvalue weighted by molar-refractivity contribution is 7.90. The Hall–Kier alpha value is -1.66. The van der Waals surface area contributed by atoms with Crippen molar-refractivity contribution in [2.45, 2.75) is 6.54 Å². The van der Waals surface area contributed by atoms with E-state index in [1.54, 1.807) is 24.3 Å². The maximum atomic E-state index is 11.2. The minimum Gasteiger partial charge on any atom is -0.298 e. The molecular formula is C13H13ClN2O3S. The van der Waals surface area contributed by atoms with E-state index >= 15 is 0 Å². The number of nitrogens with zero attached hydrogens (tertiary/aromatic N) is 2. The van der Waals surface area contributed by atoms with Gasteiger partial charge in [-0.1, -0.05) is 23.7 Å². The fourth-order valence-electron chi connectivity index (χ4n) is 1.76. The number of hydrogen-bond donors (Lipinski definition) is 0. The molecule has 0 saturated heterocycles. The largest absolute Gasteiger partial charge is 0.298 e. The van der Waals surface area contributed by atoms with Crippen LogP contribution in [0.15, 0.2) is 30.5 Å². The second-order valence-electron chi connectivity index (χ2n) is 4.45.